The first-order valence-electron chi connectivity index (χ1n) is 8.19. The van der Waals surface area contributed by atoms with Gasteiger partial charge in [0.05, 0.1) is 19.2 Å². The Morgan fingerprint density at radius 3 is 2.50 bits per heavy atom. The molecule has 0 spiro atoms. The quantitative estimate of drug-likeness (QED) is 0.907. The second kappa shape index (κ2) is 7.25. The summed E-state index contributed by atoms with van der Waals surface area (Å²) >= 11 is 0. The van der Waals surface area contributed by atoms with Gasteiger partial charge in [-0.2, -0.15) is 0 Å². The lowest BCUT2D eigenvalue weighted by atomic mass is 9.93. The maximum absolute atomic E-state index is 12.7. The van der Waals surface area contributed by atoms with Gasteiger partial charge in [0.15, 0.2) is 0 Å². The Balaban J connectivity index is 2.15. The number of aliphatic hydroxyl groups is 1. The van der Waals surface area contributed by atoms with Crippen molar-refractivity contribution in [3.63, 3.8) is 0 Å². The van der Waals surface area contributed by atoms with Gasteiger partial charge in [-0.15, -0.1) is 0 Å². The maximum Gasteiger partial charge on any atom is 0.237 e. The molecule has 4 nitrogen and oxygen atoms in total. The van der Waals surface area contributed by atoms with Gasteiger partial charge in [0, 0.05) is 18.6 Å². The van der Waals surface area contributed by atoms with Gasteiger partial charge < -0.3 is 10.0 Å². The number of amides is 1. The number of carbonyl (C=O) groups excluding carboxylic acids is 1. The van der Waals surface area contributed by atoms with E-state index >= 15 is 0 Å². The number of carbonyl (C=O) groups is 1. The van der Waals surface area contributed by atoms with E-state index in [0.29, 0.717) is 6.54 Å². The van der Waals surface area contributed by atoms with Gasteiger partial charge in [0.2, 0.25) is 5.91 Å². The molecule has 4 heteroatoms. The summed E-state index contributed by atoms with van der Waals surface area (Å²) in [4.78, 5) is 16.7. The van der Waals surface area contributed by atoms with Crippen LogP contribution < -0.4 is 0 Å². The van der Waals surface area contributed by atoms with Gasteiger partial charge in [0.1, 0.15) is 0 Å². The van der Waals surface area contributed by atoms with Crippen molar-refractivity contribution >= 4 is 5.91 Å². The first-order chi connectivity index (χ1) is 10.5. The highest BCUT2D eigenvalue weighted by Crippen LogP contribution is 2.29. The van der Waals surface area contributed by atoms with E-state index < -0.39 is 0 Å². The van der Waals surface area contributed by atoms with E-state index in [1.165, 1.54) is 5.56 Å². The highest BCUT2D eigenvalue weighted by Gasteiger charge is 2.30. The fourth-order valence-electron chi connectivity index (χ4n) is 3.53. The van der Waals surface area contributed by atoms with Crippen LogP contribution in [0.25, 0.3) is 0 Å². The molecular formula is C18H28N2O2. The lowest BCUT2D eigenvalue weighted by Gasteiger charge is -2.38. The molecule has 1 aliphatic heterocycles. The molecule has 22 heavy (non-hydrogen) atoms. The molecule has 1 N–H and O–H groups in total. The number of benzene rings is 1. The number of aliphatic hydroxyl groups excluding tert-OH is 1. The van der Waals surface area contributed by atoms with Gasteiger partial charge in [-0.05, 0) is 45.2 Å². The summed E-state index contributed by atoms with van der Waals surface area (Å²) in [5, 5.41) is 9.81. The van der Waals surface area contributed by atoms with Crippen LogP contribution in [0.5, 0.6) is 0 Å². The predicted octanol–water partition coefficient (Wildman–Crippen LogP) is 2.22. The van der Waals surface area contributed by atoms with Gasteiger partial charge in [0.25, 0.3) is 0 Å². The van der Waals surface area contributed by atoms with Gasteiger partial charge in [-0.3, -0.25) is 9.69 Å². The summed E-state index contributed by atoms with van der Waals surface area (Å²) in [5.74, 6) is 0.142. The number of fused-ring (bicyclic) bond motifs is 1. The Hall–Kier alpha value is -1.39. The topological polar surface area (TPSA) is 43.8 Å². The largest absolute Gasteiger partial charge is 0.394 e. The van der Waals surface area contributed by atoms with Crippen molar-refractivity contribution in [3.05, 3.63) is 35.4 Å². The van der Waals surface area contributed by atoms with Crippen LogP contribution in [0.4, 0.5) is 0 Å². The van der Waals surface area contributed by atoms with Crippen molar-refractivity contribution in [1.82, 2.24) is 9.80 Å². The summed E-state index contributed by atoms with van der Waals surface area (Å²) in [7, 11) is 0. The summed E-state index contributed by atoms with van der Waals surface area (Å²) < 4.78 is 0. The molecule has 1 heterocycles. The number of hydrogen-bond acceptors (Lipinski definition) is 3. The highest BCUT2D eigenvalue weighted by atomic mass is 16.3. The molecule has 0 aliphatic carbocycles. The summed E-state index contributed by atoms with van der Waals surface area (Å²) in [6, 6.07) is 8.53. The number of nitrogens with zero attached hydrogens (tertiary/aromatic N) is 2. The third kappa shape index (κ3) is 3.50. The van der Waals surface area contributed by atoms with E-state index in [1.807, 2.05) is 44.7 Å². The van der Waals surface area contributed by atoms with Crippen molar-refractivity contribution in [2.24, 2.45) is 0 Å². The van der Waals surface area contributed by atoms with Crippen LogP contribution >= 0.6 is 0 Å². The Morgan fingerprint density at radius 1 is 1.27 bits per heavy atom. The average Bonchev–Trinajstić information content (AvgIpc) is 2.46. The predicted molar refractivity (Wildman–Crippen MR) is 88.7 cm³/mol. The molecule has 0 bridgehead atoms. The summed E-state index contributed by atoms with van der Waals surface area (Å²) in [6.07, 6.45) is 0.934. The second-order valence-corrected chi connectivity index (χ2v) is 6.61. The minimum atomic E-state index is -0.0740. The molecule has 0 fully saturated rings. The van der Waals surface area contributed by atoms with E-state index in [2.05, 4.69) is 17.0 Å². The zero-order valence-corrected chi connectivity index (χ0v) is 14.1. The smallest absolute Gasteiger partial charge is 0.237 e. The highest BCUT2D eigenvalue weighted by molar-refractivity contribution is 5.79. The zero-order valence-electron chi connectivity index (χ0n) is 14.1. The second-order valence-electron chi connectivity index (χ2n) is 6.61. The molecule has 1 atom stereocenters. The molecule has 2 rings (SSSR count). The number of hydrogen-bond donors (Lipinski definition) is 1. The van der Waals surface area contributed by atoms with E-state index in [4.69, 9.17) is 0 Å². The molecule has 1 unspecified atom stereocenters. The van der Waals surface area contributed by atoms with Crippen molar-refractivity contribution in [1.29, 1.82) is 0 Å². The van der Waals surface area contributed by atoms with Crippen molar-refractivity contribution < 1.29 is 9.90 Å². The monoisotopic (exact) mass is 304 g/mol. The van der Waals surface area contributed by atoms with E-state index in [9.17, 15) is 9.90 Å². The summed E-state index contributed by atoms with van der Waals surface area (Å²) in [5.41, 5.74) is 2.44. The van der Waals surface area contributed by atoms with Crippen LogP contribution in [0.15, 0.2) is 24.3 Å². The lowest BCUT2D eigenvalue weighted by molar-refractivity contribution is -0.137. The molecule has 0 saturated carbocycles. The number of rotatable bonds is 5. The van der Waals surface area contributed by atoms with Gasteiger partial charge in [-0.25, -0.2) is 0 Å². The van der Waals surface area contributed by atoms with Crippen LogP contribution in [0.1, 0.15) is 44.9 Å². The fraction of sp³-hybridized carbons (Fsp3) is 0.611. The third-order valence-electron chi connectivity index (χ3n) is 4.44. The standard InChI is InChI=1S/C18H28N2O2/c1-13(2)20(14(3)4)18(22)11-19-10-9-15-7-5-6-8-16(15)17(19)12-21/h5-8,13-14,17,21H,9-12H2,1-4H3. The third-order valence-corrected chi connectivity index (χ3v) is 4.44. The Bertz CT molecular complexity index is 506. The molecule has 122 valence electrons. The van der Waals surface area contributed by atoms with E-state index in [1.54, 1.807) is 0 Å². The van der Waals surface area contributed by atoms with E-state index in [-0.39, 0.29) is 30.6 Å². The minimum absolute atomic E-state index is 0.0493. The van der Waals surface area contributed by atoms with Crippen molar-refractivity contribution in [2.45, 2.75) is 52.2 Å². The van der Waals surface area contributed by atoms with Crippen LogP contribution in [0.3, 0.4) is 0 Å². The molecular weight excluding hydrogens is 276 g/mol. The summed E-state index contributed by atoms with van der Waals surface area (Å²) in [6.45, 7) is 9.43. The first-order valence-corrected chi connectivity index (χ1v) is 8.19. The normalized spacial score (nSPS) is 18.6. The Morgan fingerprint density at radius 2 is 1.91 bits per heavy atom. The van der Waals surface area contributed by atoms with Crippen LogP contribution in [-0.2, 0) is 11.2 Å². The van der Waals surface area contributed by atoms with Crippen molar-refractivity contribution in [2.75, 3.05) is 19.7 Å². The average molecular weight is 304 g/mol. The Labute approximate surface area is 133 Å². The minimum Gasteiger partial charge on any atom is -0.394 e. The molecule has 0 aromatic heterocycles. The molecule has 1 aromatic rings. The Kier molecular flexibility index (Phi) is 5.59. The van der Waals surface area contributed by atoms with Gasteiger partial charge >= 0.3 is 0 Å². The van der Waals surface area contributed by atoms with Crippen LogP contribution in [0.2, 0.25) is 0 Å². The maximum atomic E-state index is 12.7. The SMILES string of the molecule is CC(C)N(C(=O)CN1CCc2ccccc2C1CO)C(C)C. The van der Waals surface area contributed by atoms with Gasteiger partial charge in [-0.1, -0.05) is 24.3 Å². The molecule has 1 aliphatic rings. The fourth-order valence-corrected chi connectivity index (χ4v) is 3.53. The van der Waals surface area contributed by atoms with Crippen LogP contribution in [-0.4, -0.2) is 52.6 Å². The molecule has 1 aromatic carbocycles. The molecule has 0 radical (unpaired) electrons. The van der Waals surface area contributed by atoms with Crippen LogP contribution in [0, 0.1) is 0 Å². The van der Waals surface area contributed by atoms with Crippen molar-refractivity contribution in [3.8, 4) is 0 Å². The zero-order chi connectivity index (χ0) is 16.3. The molecule has 1 amide bonds. The first kappa shape index (κ1) is 17.0. The molecule has 0 saturated heterocycles. The lowest BCUT2D eigenvalue weighted by Crippen LogP contribution is -2.49. The van der Waals surface area contributed by atoms with E-state index in [0.717, 1.165) is 18.5 Å².